The highest BCUT2D eigenvalue weighted by atomic mass is 35.5. The Kier molecular flexibility index (Phi) is 4.10. The van der Waals surface area contributed by atoms with E-state index in [1.807, 2.05) is 0 Å². The van der Waals surface area contributed by atoms with Gasteiger partial charge in [-0.15, -0.1) is 0 Å². The predicted octanol–water partition coefficient (Wildman–Crippen LogP) is 1.77. The minimum Gasteiger partial charge on any atom is -0.369 e. The number of amides is 1. The Balaban J connectivity index is 2.94. The van der Waals surface area contributed by atoms with Gasteiger partial charge in [0.1, 0.15) is 0 Å². The average molecular weight is 236 g/mol. The van der Waals surface area contributed by atoms with Crippen molar-refractivity contribution in [3.8, 4) is 11.8 Å². The van der Waals surface area contributed by atoms with E-state index in [1.54, 1.807) is 18.2 Å². The number of Topliss-reactive ketones (excluding diaryl/α,β-unsaturated/α-hetero) is 1. The fourth-order valence-corrected chi connectivity index (χ4v) is 1.29. The summed E-state index contributed by atoms with van der Waals surface area (Å²) in [4.78, 5) is 21.5. The van der Waals surface area contributed by atoms with Crippen molar-refractivity contribution in [2.75, 3.05) is 0 Å². The number of ketones is 1. The van der Waals surface area contributed by atoms with E-state index in [1.165, 1.54) is 6.92 Å². The van der Waals surface area contributed by atoms with Crippen molar-refractivity contribution in [1.29, 1.82) is 0 Å². The first kappa shape index (κ1) is 12.3. The number of carbonyl (C=O) groups excluding carboxylic acids is 2. The van der Waals surface area contributed by atoms with E-state index in [4.69, 9.17) is 17.3 Å². The number of primary amides is 1. The van der Waals surface area contributed by atoms with Crippen LogP contribution in [0.3, 0.4) is 0 Å². The van der Waals surface area contributed by atoms with Crippen LogP contribution in [0.15, 0.2) is 18.2 Å². The zero-order valence-corrected chi connectivity index (χ0v) is 9.47. The molecule has 2 N–H and O–H groups in total. The van der Waals surface area contributed by atoms with E-state index in [0.717, 1.165) is 0 Å². The van der Waals surface area contributed by atoms with Gasteiger partial charge in [0.2, 0.25) is 5.91 Å². The first-order chi connectivity index (χ1) is 7.50. The molecule has 0 aromatic heterocycles. The number of benzene rings is 1. The maximum atomic E-state index is 11.1. The molecule has 0 bridgehead atoms. The molecule has 0 spiro atoms. The van der Waals surface area contributed by atoms with Crippen LogP contribution in [0.1, 0.15) is 29.3 Å². The Morgan fingerprint density at radius 1 is 1.44 bits per heavy atom. The molecule has 0 aliphatic heterocycles. The highest BCUT2D eigenvalue weighted by Gasteiger charge is 2.02. The lowest BCUT2D eigenvalue weighted by atomic mass is 10.1. The Bertz CT molecular complexity index is 497. The molecular formula is C12H10ClNO2. The summed E-state index contributed by atoms with van der Waals surface area (Å²) in [5, 5.41) is 0.393. The number of halogens is 1. The minimum absolute atomic E-state index is 0.00914. The average Bonchev–Trinajstić information content (AvgIpc) is 2.19. The summed E-state index contributed by atoms with van der Waals surface area (Å²) in [6, 6.07) is 4.84. The number of nitrogens with two attached hydrogens (primary N) is 1. The summed E-state index contributed by atoms with van der Waals surface area (Å²) in [5.41, 5.74) is 6.05. The molecule has 4 heteroatoms. The third-order valence-electron chi connectivity index (χ3n) is 1.86. The van der Waals surface area contributed by atoms with E-state index in [0.29, 0.717) is 16.1 Å². The lowest BCUT2D eigenvalue weighted by Gasteiger charge is -1.98. The van der Waals surface area contributed by atoms with Crippen molar-refractivity contribution in [1.82, 2.24) is 0 Å². The van der Waals surface area contributed by atoms with Gasteiger partial charge in [-0.3, -0.25) is 9.59 Å². The van der Waals surface area contributed by atoms with Crippen LogP contribution in [0.2, 0.25) is 5.02 Å². The third kappa shape index (κ3) is 3.41. The van der Waals surface area contributed by atoms with E-state index in [2.05, 4.69) is 11.8 Å². The summed E-state index contributed by atoms with van der Waals surface area (Å²) in [5.74, 6) is 4.77. The van der Waals surface area contributed by atoms with Crippen LogP contribution in [-0.2, 0) is 4.79 Å². The van der Waals surface area contributed by atoms with Gasteiger partial charge in [-0.25, -0.2) is 0 Å². The van der Waals surface area contributed by atoms with Crippen LogP contribution in [0.5, 0.6) is 0 Å². The molecule has 0 saturated carbocycles. The van der Waals surface area contributed by atoms with Gasteiger partial charge in [0, 0.05) is 11.1 Å². The first-order valence-electron chi connectivity index (χ1n) is 4.58. The molecule has 3 nitrogen and oxygen atoms in total. The summed E-state index contributed by atoms with van der Waals surface area (Å²) < 4.78 is 0. The van der Waals surface area contributed by atoms with Gasteiger partial charge in [0.05, 0.1) is 11.4 Å². The van der Waals surface area contributed by atoms with Gasteiger partial charge in [-0.05, 0) is 19.1 Å². The Morgan fingerprint density at radius 3 is 2.62 bits per heavy atom. The summed E-state index contributed by atoms with van der Waals surface area (Å²) in [6.45, 7) is 1.46. The van der Waals surface area contributed by atoms with Crippen LogP contribution in [0.4, 0.5) is 0 Å². The zero-order valence-electron chi connectivity index (χ0n) is 8.71. The van der Waals surface area contributed by atoms with Gasteiger partial charge < -0.3 is 5.73 Å². The molecule has 0 saturated heterocycles. The number of hydrogen-bond donors (Lipinski definition) is 1. The molecule has 0 atom stereocenters. The van der Waals surface area contributed by atoms with E-state index < -0.39 is 5.91 Å². The molecule has 0 radical (unpaired) electrons. The second-order valence-electron chi connectivity index (χ2n) is 3.20. The number of carbonyl (C=O) groups is 2. The Hall–Kier alpha value is -1.79. The Labute approximate surface area is 98.6 Å². The SMILES string of the molecule is CC(=O)c1ccc(C#CCC(N)=O)c(Cl)c1. The maximum Gasteiger partial charge on any atom is 0.229 e. The van der Waals surface area contributed by atoms with Gasteiger partial charge in [-0.2, -0.15) is 0 Å². The standard InChI is InChI=1S/C12H10ClNO2/c1-8(15)10-6-5-9(11(13)7-10)3-2-4-12(14)16/h5-7H,4H2,1H3,(H2,14,16). The lowest BCUT2D eigenvalue weighted by molar-refractivity contribution is -0.117. The molecule has 16 heavy (non-hydrogen) atoms. The van der Waals surface area contributed by atoms with Crippen molar-refractivity contribution < 1.29 is 9.59 Å². The predicted molar refractivity (Wildman–Crippen MR) is 62.1 cm³/mol. The molecule has 0 fully saturated rings. The Morgan fingerprint density at radius 2 is 2.12 bits per heavy atom. The molecule has 0 aliphatic rings. The maximum absolute atomic E-state index is 11.1. The van der Waals surface area contributed by atoms with Crippen molar-refractivity contribution in [2.24, 2.45) is 5.73 Å². The smallest absolute Gasteiger partial charge is 0.229 e. The summed E-state index contributed by atoms with van der Waals surface area (Å²) in [6.07, 6.45) is -0.00914. The van der Waals surface area contributed by atoms with Crippen LogP contribution in [0, 0.1) is 11.8 Å². The topological polar surface area (TPSA) is 60.2 Å². The van der Waals surface area contributed by atoms with E-state index in [9.17, 15) is 9.59 Å². The van der Waals surface area contributed by atoms with Crippen LogP contribution >= 0.6 is 11.6 Å². The molecule has 1 amide bonds. The molecule has 1 aromatic rings. The minimum atomic E-state index is -0.482. The van der Waals surface area contributed by atoms with Gasteiger partial charge >= 0.3 is 0 Å². The lowest BCUT2D eigenvalue weighted by Crippen LogP contribution is -2.08. The first-order valence-corrected chi connectivity index (χ1v) is 4.96. The van der Waals surface area contributed by atoms with E-state index in [-0.39, 0.29) is 12.2 Å². The quantitative estimate of drug-likeness (QED) is 0.627. The van der Waals surface area contributed by atoms with Crippen molar-refractivity contribution in [3.63, 3.8) is 0 Å². The summed E-state index contributed by atoms with van der Waals surface area (Å²) in [7, 11) is 0. The normalized spacial score (nSPS) is 9.12. The highest BCUT2D eigenvalue weighted by molar-refractivity contribution is 6.32. The zero-order chi connectivity index (χ0) is 12.1. The molecule has 0 unspecified atom stereocenters. The van der Waals surface area contributed by atoms with E-state index >= 15 is 0 Å². The molecule has 82 valence electrons. The van der Waals surface area contributed by atoms with Crippen LogP contribution in [0.25, 0.3) is 0 Å². The van der Waals surface area contributed by atoms with Crippen molar-refractivity contribution in [3.05, 3.63) is 34.3 Å². The fourth-order valence-electron chi connectivity index (χ4n) is 1.06. The number of rotatable bonds is 2. The van der Waals surface area contributed by atoms with Crippen molar-refractivity contribution >= 4 is 23.3 Å². The monoisotopic (exact) mass is 235 g/mol. The second kappa shape index (κ2) is 5.34. The molecule has 0 aliphatic carbocycles. The molecule has 0 heterocycles. The summed E-state index contributed by atoms with van der Waals surface area (Å²) >= 11 is 5.92. The van der Waals surface area contributed by atoms with Gasteiger partial charge in [0.15, 0.2) is 5.78 Å². The largest absolute Gasteiger partial charge is 0.369 e. The fraction of sp³-hybridized carbons (Fsp3) is 0.167. The second-order valence-corrected chi connectivity index (χ2v) is 3.60. The highest BCUT2D eigenvalue weighted by Crippen LogP contribution is 2.17. The molecular weight excluding hydrogens is 226 g/mol. The third-order valence-corrected chi connectivity index (χ3v) is 2.17. The van der Waals surface area contributed by atoms with Gasteiger partial charge in [-0.1, -0.05) is 29.5 Å². The van der Waals surface area contributed by atoms with Crippen LogP contribution in [-0.4, -0.2) is 11.7 Å². The van der Waals surface area contributed by atoms with Crippen molar-refractivity contribution in [2.45, 2.75) is 13.3 Å². The van der Waals surface area contributed by atoms with Gasteiger partial charge in [0.25, 0.3) is 0 Å². The van der Waals surface area contributed by atoms with Crippen LogP contribution < -0.4 is 5.73 Å². The molecule has 1 rings (SSSR count). The molecule has 1 aromatic carbocycles. The number of hydrogen-bond acceptors (Lipinski definition) is 2.